The summed E-state index contributed by atoms with van der Waals surface area (Å²) < 4.78 is 7.18. The SMILES string of the molecule is c1ccc2c(c1)CCN(Cc1c[nH]c3cc(Oc4nc5ccccc5s4)ccc13)C2. The topological polar surface area (TPSA) is 41.2 Å². The van der Waals surface area contributed by atoms with Gasteiger partial charge in [0.1, 0.15) is 5.75 Å². The Morgan fingerprint density at radius 3 is 2.80 bits per heavy atom. The van der Waals surface area contributed by atoms with Gasteiger partial charge in [-0.15, -0.1) is 0 Å². The predicted molar refractivity (Wildman–Crippen MR) is 122 cm³/mol. The molecule has 4 nitrogen and oxygen atoms in total. The summed E-state index contributed by atoms with van der Waals surface area (Å²) in [5, 5.41) is 1.93. The number of nitrogens with zero attached hydrogens (tertiary/aromatic N) is 2. The van der Waals surface area contributed by atoms with Crippen molar-refractivity contribution in [1.29, 1.82) is 0 Å². The summed E-state index contributed by atoms with van der Waals surface area (Å²) in [7, 11) is 0. The van der Waals surface area contributed by atoms with Crippen molar-refractivity contribution in [2.75, 3.05) is 6.54 Å². The number of fused-ring (bicyclic) bond motifs is 3. The second-order valence-corrected chi connectivity index (χ2v) is 8.79. The Bertz CT molecular complexity index is 1320. The summed E-state index contributed by atoms with van der Waals surface area (Å²) in [6.45, 7) is 3.07. The van der Waals surface area contributed by atoms with Gasteiger partial charge in [-0.1, -0.05) is 47.7 Å². The van der Waals surface area contributed by atoms with E-state index in [2.05, 4.69) is 63.5 Å². The van der Waals surface area contributed by atoms with Crippen molar-refractivity contribution in [3.63, 3.8) is 0 Å². The largest absolute Gasteiger partial charge is 0.431 e. The van der Waals surface area contributed by atoms with Gasteiger partial charge in [0.05, 0.1) is 10.2 Å². The van der Waals surface area contributed by atoms with E-state index in [1.54, 1.807) is 11.3 Å². The quantitative estimate of drug-likeness (QED) is 0.387. The Morgan fingerprint density at radius 1 is 1.00 bits per heavy atom. The molecular formula is C25H21N3OS. The Morgan fingerprint density at radius 2 is 1.87 bits per heavy atom. The van der Waals surface area contributed by atoms with Gasteiger partial charge in [0.2, 0.25) is 0 Å². The van der Waals surface area contributed by atoms with Gasteiger partial charge in [-0.25, -0.2) is 4.98 Å². The van der Waals surface area contributed by atoms with Crippen molar-refractivity contribution < 1.29 is 4.74 Å². The van der Waals surface area contributed by atoms with Crippen molar-refractivity contribution in [3.8, 4) is 10.9 Å². The van der Waals surface area contributed by atoms with Gasteiger partial charge >= 0.3 is 0 Å². The number of aromatic nitrogens is 2. The summed E-state index contributed by atoms with van der Waals surface area (Å²) in [6.07, 6.45) is 3.26. The number of benzene rings is 3. The first kappa shape index (κ1) is 17.7. The Kier molecular flexibility index (Phi) is 4.29. The summed E-state index contributed by atoms with van der Waals surface area (Å²) in [4.78, 5) is 10.5. The molecule has 3 aromatic carbocycles. The van der Waals surface area contributed by atoms with Gasteiger partial charge in [0.15, 0.2) is 0 Å². The van der Waals surface area contributed by atoms with Gasteiger partial charge in [-0.3, -0.25) is 4.90 Å². The van der Waals surface area contributed by atoms with E-state index in [9.17, 15) is 0 Å². The van der Waals surface area contributed by atoms with Crippen LogP contribution in [0.25, 0.3) is 21.1 Å². The molecule has 148 valence electrons. The fourth-order valence-corrected chi connectivity index (χ4v) is 5.12. The minimum absolute atomic E-state index is 0.675. The van der Waals surface area contributed by atoms with Crippen LogP contribution >= 0.6 is 11.3 Å². The van der Waals surface area contributed by atoms with Gasteiger partial charge in [0, 0.05) is 42.8 Å². The molecule has 1 N–H and O–H groups in total. The van der Waals surface area contributed by atoms with E-state index in [0.29, 0.717) is 5.19 Å². The molecule has 0 fully saturated rings. The van der Waals surface area contributed by atoms with E-state index >= 15 is 0 Å². The average molecular weight is 412 g/mol. The second-order valence-electron chi connectivity index (χ2n) is 7.80. The second kappa shape index (κ2) is 7.27. The lowest BCUT2D eigenvalue weighted by atomic mass is 9.99. The lowest BCUT2D eigenvalue weighted by Gasteiger charge is -2.28. The van der Waals surface area contributed by atoms with Crippen LogP contribution in [0, 0.1) is 0 Å². The zero-order valence-corrected chi connectivity index (χ0v) is 17.3. The molecule has 5 heteroatoms. The lowest BCUT2D eigenvalue weighted by Crippen LogP contribution is -2.29. The molecule has 30 heavy (non-hydrogen) atoms. The van der Waals surface area contributed by atoms with Crippen LogP contribution in [-0.2, 0) is 19.5 Å². The molecule has 0 bridgehead atoms. The number of ether oxygens (including phenoxy) is 1. The minimum atomic E-state index is 0.675. The first-order valence-electron chi connectivity index (χ1n) is 10.2. The fraction of sp³-hybridized carbons (Fsp3) is 0.160. The standard InChI is InChI=1S/C25H21N3OS/c1-2-6-18-15-28(12-11-17(18)5-1)16-19-14-26-23-13-20(9-10-21(19)23)29-25-27-22-7-3-4-8-24(22)30-25/h1-10,13-14,26H,11-12,15-16H2. The van der Waals surface area contributed by atoms with Gasteiger partial charge in [-0.05, 0) is 47.4 Å². The monoisotopic (exact) mass is 411 g/mol. The Labute approximate surface area is 178 Å². The highest BCUT2D eigenvalue weighted by Gasteiger charge is 2.17. The average Bonchev–Trinajstić information content (AvgIpc) is 3.37. The van der Waals surface area contributed by atoms with E-state index in [0.717, 1.165) is 47.5 Å². The summed E-state index contributed by atoms with van der Waals surface area (Å²) in [5.41, 5.74) is 6.35. The highest BCUT2D eigenvalue weighted by atomic mass is 32.1. The van der Waals surface area contributed by atoms with Crippen LogP contribution in [-0.4, -0.2) is 21.4 Å². The van der Waals surface area contributed by atoms with Gasteiger partial charge in [0.25, 0.3) is 5.19 Å². The molecule has 0 radical (unpaired) electrons. The molecule has 6 rings (SSSR count). The van der Waals surface area contributed by atoms with Crippen LogP contribution in [0.2, 0.25) is 0 Å². The van der Waals surface area contributed by atoms with E-state index in [-0.39, 0.29) is 0 Å². The molecule has 1 aliphatic heterocycles. The number of H-pyrrole nitrogens is 1. The van der Waals surface area contributed by atoms with Crippen LogP contribution in [0.3, 0.4) is 0 Å². The van der Waals surface area contributed by atoms with Crippen LogP contribution < -0.4 is 4.74 Å². The van der Waals surface area contributed by atoms with E-state index in [1.807, 2.05) is 24.3 Å². The summed E-state index contributed by atoms with van der Waals surface area (Å²) in [6, 6.07) is 23.2. The molecule has 0 unspecified atom stereocenters. The third kappa shape index (κ3) is 3.26. The molecule has 0 saturated heterocycles. The van der Waals surface area contributed by atoms with Crippen molar-refractivity contribution in [2.45, 2.75) is 19.5 Å². The lowest BCUT2D eigenvalue weighted by molar-refractivity contribution is 0.246. The first-order valence-corrected chi connectivity index (χ1v) is 11.1. The molecule has 5 aromatic rings. The minimum Gasteiger partial charge on any atom is -0.431 e. The number of rotatable bonds is 4. The molecule has 0 spiro atoms. The van der Waals surface area contributed by atoms with E-state index in [4.69, 9.17) is 4.74 Å². The number of para-hydroxylation sites is 1. The number of nitrogens with one attached hydrogen (secondary N) is 1. The van der Waals surface area contributed by atoms with Crippen LogP contribution in [0.15, 0.2) is 72.9 Å². The van der Waals surface area contributed by atoms with Crippen molar-refractivity contribution in [2.24, 2.45) is 0 Å². The smallest absolute Gasteiger partial charge is 0.279 e. The predicted octanol–water partition coefficient (Wildman–Crippen LogP) is 6.13. The Balaban J connectivity index is 1.22. The number of hydrogen-bond donors (Lipinski definition) is 1. The third-order valence-electron chi connectivity index (χ3n) is 5.82. The molecule has 0 atom stereocenters. The molecular weight excluding hydrogens is 390 g/mol. The fourth-order valence-electron chi connectivity index (χ4n) is 4.29. The third-order valence-corrected chi connectivity index (χ3v) is 6.74. The number of aromatic amines is 1. The molecule has 0 aliphatic carbocycles. The van der Waals surface area contributed by atoms with Crippen molar-refractivity contribution in [1.82, 2.24) is 14.9 Å². The number of thiazole rings is 1. The highest BCUT2D eigenvalue weighted by molar-refractivity contribution is 7.20. The van der Waals surface area contributed by atoms with Crippen LogP contribution in [0.1, 0.15) is 16.7 Å². The van der Waals surface area contributed by atoms with E-state index in [1.165, 1.54) is 22.1 Å². The van der Waals surface area contributed by atoms with Crippen molar-refractivity contribution in [3.05, 3.63) is 89.6 Å². The maximum absolute atomic E-state index is 6.05. The van der Waals surface area contributed by atoms with E-state index < -0.39 is 0 Å². The van der Waals surface area contributed by atoms with Gasteiger partial charge < -0.3 is 9.72 Å². The molecule has 3 heterocycles. The first-order chi connectivity index (χ1) is 14.8. The molecule has 1 aliphatic rings. The summed E-state index contributed by atoms with van der Waals surface area (Å²) in [5.74, 6) is 0.807. The number of hydrogen-bond acceptors (Lipinski definition) is 4. The zero-order chi connectivity index (χ0) is 19.9. The molecule has 0 amide bonds. The Hall–Kier alpha value is -3.15. The normalized spacial score (nSPS) is 14.3. The highest BCUT2D eigenvalue weighted by Crippen LogP contribution is 2.33. The molecule has 0 saturated carbocycles. The van der Waals surface area contributed by atoms with Crippen molar-refractivity contribution >= 4 is 32.5 Å². The van der Waals surface area contributed by atoms with Gasteiger partial charge in [-0.2, -0.15) is 0 Å². The van der Waals surface area contributed by atoms with Crippen LogP contribution in [0.5, 0.6) is 10.9 Å². The van der Waals surface area contributed by atoms with Crippen LogP contribution in [0.4, 0.5) is 0 Å². The summed E-state index contributed by atoms with van der Waals surface area (Å²) >= 11 is 1.57. The molecule has 2 aromatic heterocycles. The maximum Gasteiger partial charge on any atom is 0.279 e. The maximum atomic E-state index is 6.05. The zero-order valence-electron chi connectivity index (χ0n) is 16.5.